The number of nitrogens with zero attached hydrogens (tertiary/aromatic N) is 2. The van der Waals surface area contributed by atoms with Gasteiger partial charge in [0.25, 0.3) is 0 Å². The molecule has 0 radical (unpaired) electrons. The lowest BCUT2D eigenvalue weighted by Gasteiger charge is -2.14. The summed E-state index contributed by atoms with van der Waals surface area (Å²) in [6.07, 6.45) is 1.81. The standard InChI is InChI=1S/C15H20N4O2.ClH/c1-11-7-8-19(18-11)14-6-4-3-5-13(14)17-15(20)9-12(10-16)21-2;/h3-8,12H,9-10,16H2,1-2H3,(H,17,20);1H. The predicted octanol–water partition coefficient (Wildman–Crippen LogP) is 1.90. The molecule has 0 aliphatic heterocycles. The summed E-state index contributed by atoms with van der Waals surface area (Å²) < 4.78 is 6.86. The van der Waals surface area contributed by atoms with Crippen LogP contribution >= 0.6 is 12.4 Å². The Kier molecular flexibility index (Phi) is 7.04. The fourth-order valence-electron chi connectivity index (χ4n) is 2.00. The molecule has 1 unspecified atom stereocenters. The minimum absolute atomic E-state index is 0. The second-order valence-electron chi connectivity index (χ2n) is 4.76. The Morgan fingerprint density at radius 2 is 2.14 bits per heavy atom. The molecule has 3 N–H and O–H groups in total. The van der Waals surface area contributed by atoms with Crippen molar-refractivity contribution in [1.29, 1.82) is 0 Å². The van der Waals surface area contributed by atoms with Crippen molar-refractivity contribution in [3.05, 3.63) is 42.2 Å². The van der Waals surface area contributed by atoms with Gasteiger partial charge in [0.2, 0.25) is 5.91 Å². The SMILES string of the molecule is COC(CN)CC(=O)Nc1ccccc1-n1ccc(C)n1.Cl. The molecule has 7 heteroatoms. The highest BCUT2D eigenvalue weighted by atomic mass is 35.5. The van der Waals surface area contributed by atoms with E-state index in [1.165, 1.54) is 0 Å². The number of carbonyl (C=O) groups excluding carboxylic acids is 1. The Morgan fingerprint density at radius 1 is 1.41 bits per heavy atom. The molecular weight excluding hydrogens is 304 g/mol. The topological polar surface area (TPSA) is 82.2 Å². The van der Waals surface area contributed by atoms with E-state index in [2.05, 4.69) is 10.4 Å². The number of anilines is 1. The number of para-hydroxylation sites is 2. The Balaban J connectivity index is 0.00000242. The van der Waals surface area contributed by atoms with E-state index in [4.69, 9.17) is 10.5 Å². The Bertz CT molecular complexity index is 611. The molecule has 120 valence electrons. The first-order valence-corrected chi connectivity index (χ1v) is 6.78. The molecule has 0 aliphatic carbocycles. The zero-order chi connectivity index (χ0) is 15.2. The fraction of sp³-hybridized carbons (Fsp3) is 0.333. The fourth-order valence-corrected chi connectivity index (χ4v) is 2.00. The molecule has 6 nitrogen and oxygen atoms in total. The van der Waals surface area contributed by atoms with Gasteiger partial charge in [-0.2, -0.15) is 5.10 Å². The largest absolute Gasteiger partial charge is 0.380 e. The summed E-state index contributed by atoms with van der Waals surface area (Å²) in [5, 5.41) is 7.24. The number of rotatable bonds is 6. The summed E-state index contributed by atoms with van der Waals surface area (Å²) >= 11 is 0. The Morgan fingerprint density at radius 3 is 2.73 bits per heavy atom. The van der Waals surface area contributed by atoms with Crippen LogP contribution in [-0.2, 0) is 9.53 Å². The highest BCUT2D eigenvalue weighted by Crippen LogP contribution is 2.19. The molecule has 0 spiro atoms. The number of benzene rings is 1. The van der Waals surface area contributed by atoms with E-state index in [9.17, 15) is 4.79 Å². The predicted molar refractivity (Wildman–Crippen MR) is 88.6 cm³/mol. The number of aromatic nitrogens is 2. The first-order valence-electron chi connectivity index (χ1n) is 6.78. The van der Waals surface area contributed by atoms with Crippen LogP contribution in [0.3, 0.4) is 0 Å². The number of ether oxygens (including phenoxy) is 1. The number of nitrogens with two attached hydrogens (primary N) is 1. The van der Waals surface area contributed by atoms with E-state index in [0.29, 0.717) is 12.2 Å². The first kappa shape index (κ1) is 18.2. The lowest BCUT2D eigenvalue weighted by molar-refractivity contribution is -0.118. The molecule has 1 aromatic heterocycles. The molecule has 0 bridgehead atoms. The molecular formula is C15H21ClN4O2. The number of hydrogen-bond donors (Lipinski definition) is 2. The van der Waals surface area contributed by atoms with Gasteiger partial charge in [-0.05, 0) is 25.1 Å². The number of nitrogens with one attached hydrogen (secondary N) is 1. The van der Waals surface area contributed by atoms with Crippen molar-refractivity contribution in [2.24, 2.45) is 5.73 Å². The van der Waals surface area contributed by atoms with Crippen molar-refractivity contribution in [3.8, 4) is 5.69 Å². The Hall–Kier alpha value is -1.89. The highest BCUT2D eigenvalue weighted by molar-refractivity contribution is 5.93. The van der Waals surface area contributed by atoms with E-state index in [1.807, 2.05) is 43.5 Å². The van der Waals surface area contributed by atoms with Crippen molar-refractivity contribution in [1.82, 2.24) is 9.78 Å². The van der Waals surface area contributed by atoms with Gasteiger partial charge in [0.05, 0.1) is 29.6 Å². The summed E-state index contributed by atoms with van der Waals surface area (Å²) in [6.45, 7) is 2.23. The van der Waals surface area contributed by atoms with E-state index in [0.717, 1.165) is 11.4 Å². The summed E-state index contributed by atoms with van der Waals surface area (Å²) in [6, 6.07) is 9.42. The smallest absolute Gasteiger partial charge is 0.227 e. The third-order valence-corrected chi connectivity index (χ3v) is 3.16. The maximum absolute atomic E-state index is 12.1. The molecule has 1 amide bonds. The number of carbonyl (C=O) groups is 1. The normalized spacial score (nSPS) is 11.6. The molecule has 1 heterocycles. The lowest BCUT2D eigenvalue weighted by atomic mass is 10.2. The van der Waals surface area contributed by atoms with Crippen LogP contribution in [0.4, 0.5) is 5.69 Å². The summed E-state index contributed by atoms with van der Waals surface area (Å²) in [4.78, 5) is 12.1. The van der Waals surface area contributed by atoms with Gasteiger partial charge in [0, 0.05) is 19.9 Å². The van der Waals surface area contributed by atoms with Crippen molar-refractivity contribution >= 4 is 24.0 Å². The molecule has 1 atom stereocenters. The van der Waals surface area contributed by atoms with Gasteiger partial charge in [-0.25, -0.2) is 4.68 Å². The van der Waals surface area contributed by atoms with Gasteiger partial charge in [-0.3, -0.25) is 4.79 Å². The minimum atomic E-state index is -0.274. The zero-order valence-electron chi connectivity index (χ0n) is 12.7. The van der Waals surface area contributed by atoms with E-state index < -0.39 is 0 Å². The average molecular weight is 325 g/mol. The third kappa shape index (κ3) is 4.56. The minimum Gasteiger partial charge on any atom is -0.380 e. The van der Waals surface area contributed by atoms with Crippen LogP contribution in [0, 0.1) is 6.92 Å². The van der Waals surface area contributed by atoms with Crippen LogP contribution in [0.15, 0.2) is 36.5 Å². The van der Waals surface area contributed by atoms with Gasteiger partial charge >= 0.3 is 0 Å². The van der Waals surface area contributed by atoms with Crippen molar-refractivity contribution in [3.63, 3.8) is 0 Å². The highest BCUT2D eigenvalue weighted by Gasteiger charge is 2.13. The molecule has 2 aromatic rings. The van der Waals surface area contributed by atoms with Crippen LogP contribution < -0.4 is 11.1 Å². The second kappa shape index (κ2) is 8.53. The first-order chi connectivity index (χ1) is 10.1. The number of halogens is 1. The second-order valence-corrected chi connectivity index (χ2v) is 4.76. The molecule has 0 aliphatic rings. The summed E-state index contributed by atoms with van der Waals surface area (Å²) in [5.41, 5.74) is 7.97. The lowest BCUT2D eigenvalue weighted by Crippen LogP contribution is -2.28. The average Bonchev–Trinajstić information content (AvgIpc) is 2.91. The number of amides is 1. The van der Waals surface area contributed by atoms with Crippen molar-refractivity contribution in [2.45, 2.75) is 19.4 Å². The monoisotopic (exact) mass is 324 g/mol. The quantitative estimate of drug-likeness (QED) is 0.850. The molecule has 0 fully saturated rings. The summed E-state index contributed by atoms with van der Waals surface area (Å²) in [7, 11) is 1.55. The third-order valence-electron chi connectivity index (χ3n) is 3.16. The maximum Gasteiger partial charge on any atom is 0.227 e. The molecule has 0 saturated carbocycles. The van der Waals surface area contributed by atoms with Gasteiger partial charge in [0.15, 0.2) is 0 Å². The van der Waals surface area contributed by atoms with Crippen LogP contribution in [0.25, 0.3) is 5.69 Å². The van der Waals surface area contributed by atoms with Crippen LogP contribution in [0.1, 0.15) is 12.1 Å². The summed E-state index contributed by atoms with van der Waals surface area (Å²) in [5.74, 6) is -0.136. The zero-order valence-corrected chi connectivity index (χ0v) is 13.5. The number of hydrogen-bond acceptors (Lipinski definition) is 4. The number of aryl methyl sites for hydroxylation is 1. The molecule has 1 aromatic carbocycles. The van der Waals surface area contributed by atoms with Crippen LogP contribution in [0.2, 0.25) is 0 Å². The van der Waals surface area contributed by atoms with Crippen LogP contribution in [-0.4, -0.2) is 35.4 Å². The van der Waals surface area contributed by atoms with Gasteiger partial charge in [0.1, 0.15) is 0 Å². The maximum atomic E-state index is 12.1. The molecule has 0 saturated heterocycles. The number of methoxy groups -OCH3 is 1. The van der Waals surface area contributed by atoms with E-state index in [-0.39, 0.29) is 30.8 Å². The van der Waals surface area contributed by atoms with E-state index >= 15 is 0 Å². The molecule has 2 rings (SSSR count). The van der Waals surface area contributed by atoms with Crippen LogP contribution in [0.5, 0.6) is 0 Å². The van der Waals surface area contributed by atoms with Crippen molar-refractivity contribution < 1.29 is 9.53 Å². The van der Waals surface area contributed by atoms with E-state index in [1.54, 1.807) is 11.8 Å². The molecule has 22 heavy (non-hydrogen) atoms. The van der Waals surface area contributed by atoms with Gasteiger partial charge in [-0.1, -0.05) is 12.1 Å². The van der Waals surface area contributed by atoms with Crippen molar-refractivity contribution in [2.75, 3.05) is 19.0 Å². The van der Waals surface area contributed by atoms with Gasteiger partial charge in [-0.15, -0.1) is 12.4 Å². The van der Waals surface area contributed by atoms with Gasteiger partial charge < -0.3 is 15.8 Å². The Labute approximate surface area is 136 Å².